The minimum absolute atomic E-state index is 0.00613. The van der Waals surface area contributed by atoms with Crippen LogP contribution < -0.4 is 0 Å². The Kier molecular flexibility index (Phi) is 5.16. The Balaban J connectivity index is 1.42. The fourth-order valence-electron chi connectivity index (χ4n) is 5.73. The number of para-hydroxylation sites is 1. The van der Waals surface area contributed by atoms with Crippen LogP contribution in [0.4, 0.5) is 0 Å². The molecule has 5 heteroatoms. The average Bonchev–Trinajstić information content (AvgIpc) is 2.82. The van der Waals surface area contributed by atoms with E-state index >= 15 is 0 Å². The average molecular weight is 453 g/mol. The van der Waals surface area contributed by atoms with Gasteiger partial charge < -0.3 is 10.0 Å². The van der Waals surface area contributed by atoms with Crippen LogP contribution in [0.1, 0.15) is 53.5 Å². The number of rotatable bonds is 3. The van der Waals surface area contributed by atoms with Crippen molar-refractivity contribution >= 4 is 28.4 Å². The first-order valence-electron chi connectivity index (χ1n) is 11.6. The second-order valence-corrected chi connectivity index (χ2v) is 10.1. The Hall–Kier alpha value is -3.73. The van der Waals surface area contributed by atoms with Gasteiger partial charge in [-0.25, -0.2) is 4.79 Å². The molecule has 1 aliphatic carbocycles. The summed E-state index contributed by atoms with van der Waals surface area (Å²) in [7, 11) is 0. The molecule has 1 amide bonds. The van der Waals surface area contributed by atoms with E-state index in [2.05, 4.69) is 37.9 Å². The van der Waals surface area contributed by atoms with E-state index in [0.717, 1.165) is 22.9 Å². The van der Waals surface area contributed by atoms with E-state index in [1.54, 1.807) is 18.3 Å². The lowest BCUT2D eigenvalue weighted by Crippen LogP contribution is -2.48. The number of fused-ring (bicyclic) bond motifs is 2. The number of amides is 1. The van der Waals surface area contributed by atoms with Crippen molar-refractivity contribution in [1.82, 2.24) is 9.88 Å². The van der Waals surface area contributed by atoms with Crippen LogP contribution in [0.25, 0.3) is 16.5 Å². The Bertz CT molecular complexity index is 1370. The number of carboxylic acid groups (broad SMARTS) is 1. The third-order valence-corrected chi connectivity index (χ3v) is 7.38. The summed E-state index contributed by atoms with van der Waals surface area (Å²) in [5, 5.41) is 10.2. The van der Waals surface area contributed by atoms with E-state index in [4.69, 9.17) is 0 Å². The summed E-state index contributed by atoms with van der Waals surface area (Å²) in [5.41, 5.74) is 4.98. The number of pyridine rings is 1. The van der Waals surface area contributed by atoms with Crippen molar-refractivity contribution in [3.05, 3.63) is 95.2 Å². The highest BCUT2D eigenvalue weighted by atomic mass is 16.4. The molecule has 2 heterocycles. The van der Waals surface area contributed by atoms with Crippen molar-refractivity contribution in [1.29, 1.82) is 0 Å². The summed E-state index contributed by atoms with van der Waals surface area (Å²) in [6.07, 6.45) is 6.97. The number of allylic oxidation sites excluding steroid dienone is 2. The molecular formula is C29H28N2O3. The predicted octanol–water partition coefficient (Wildman–Crippen LogP) is 5.84. The van der Waals surface area contributed by atoms with Crippen molar-refractivity contribution in [2.75, 3.05) is 13.1 Å². The van der Waals surface area contributed by atoms with Gasteiger partial charge in [0, 0.05) is 35.5 Å². The van der Waals surface area contributed by atoms with Crippen LogP contribution in [0.3, 0.4) is 0 Å². The smallest absolute Gasteiger partial charge is 0.335 e. The zero-order chi connectivity index (χ0) is 24.1. The van der Waals surface area contributed by atoms with Crippen LogP contribution >= 0.6 is 0 Å². The number of hydrogen-bond acceptors (Lipinski definition) is 3. The number of carbonyl (C=O) groups excluding carboxylic acids is 1. The quantitative estimate of drug-likeness (QED) is 0.507. The topological polar surface area (TPSA) is 70.5 Å². The molecule has 0 spiro atoms. The van der Waals surface area contributed by atoms with E-state index in [9.17, 15) is 14.7 Å². The van der Waals surface area contributed by atoms with Gasteiger partial charge in [-0.3, -0.25) is 9.78 Å². The van der Waals surface area contributed by atoms with Gasteiger partial charge in [-0.15, -0.1) is 0 Å². The van der Waals surface area contributed by atoms with E-state index in [1.807, 2.05) is 47.4 Å². The Morgan fingerprint density at radius 1 is 0.971 bits per heavy atom. The van der Waals surface area contributed by atoms with Gasteiger partial charge >= 0.3 is 5.97 Å². The SMILES string of the molecule is CC1(C)C(c2ccc(C(=O)O)cc2)=CC[C@]2(C)CN(C(=O)c3cnc4ccccc4c3)CC=C12. The van der Waals surface area contributed by atoms with Gasteiger partial charge in [0.15, 0.2) is 0 Å². The molecule has 0 fully saturated rings. The van der Waals surface area contributed by atoms with Crippen molar-refractivity contribution in [2.24, 2.45) is 10.8 Å². The highest BCUT2D eigenvalue weighted by molar-refractivity contribution is 5.97. The summed E-state index contributed by atoms with van der Waals surface area (Å²) in [6, 6.07) is 16.9. The zero-order valence-electron chi connectivity index (χ0n) is 19.7. The lowest BCUT2D eigenvalue weighted by molar-refractivity contribution is 0.0678. The van der Waals surface area contributed by atoms with Crippen LogP contribution in [0.5, 0.6) is 0 Å². The first-order chi connectivity index (χ1) is 16.2. The third kappa shape index (κ3) is 3.61. The maximum absolute atomic E-state index is 13.4. The first-order valence-corrected chi connectivity index (χ1v) is 11.6. The van der Waals surface area contributed by atoms with Gasteiger partial charge in [0.2, 0.25) is 0 Å². The summed E-state index contributed by atoms with van der Waals surface area (Å²) in [6.45, 7) is 7.89. The molecule has 2 aliphatic rings. The number of nitrogens with zero attached hydrogens (tertiary/aromatic N) is 2. The second kappa shape index (κ2) is 7.94. The van der Waals surface area contributed by atoms with E-state index in [1.165, 1.54) is 11.1 Å². The van der Waals surface area contributed by atoms with Gasteiger partial charge in [0.1, 0.15) is 0 Å². The number of hydrogen-bond donors (Lipinski definition) is 1. The molecule has 2 aromatic carbocycles. The number of carbonyl (C=O) groups is 2. The first kappa shape index (κ1) is 22.1. The van der Waals surface area contributed by atoms with Crippen molar-refractivity contribution < 1.29 is 14.7 Å². The van der Waals surface area contributed by atoms with Gasteiger partial charge in [-0.2, -0.15) is 0 Å². The molecule has 0 saturated heterocycles. The highest BCUT2D eigenvalue weighted by Gasteiger charge is 2.46. The molecule has 0 saturated carbocycles. The van der Waals surface area contributed by atoms with Gasteiger partial charge in [0.05, 0.1) is 16.6 Å². The van der Waals surface area contributed by atoms with Gasteiger partial charge in [0.25, 0.3) is 5.91 Å². The lowest BCUT2D eigenvalue weighted by Gasteiger charge is -2.50. The van der Waals surface area contributed by atoms with E-state index < -0.39 is 5.97 Å². The van der Waals surface area contributed by atoms with E-state index in [0.29, 0.717) is 18.7 Å². The Morgan fingerprint density at radius 2 is 1.71 bits per heavy atom. The van der Waals surface area contributed by atoms with Crippen LogP contribution in [-0.4, -0.2) is 40.0 Å². The molecule has 1 aromatic heterocycles. The molecule has 1 atom stereocenters. The molecule has 0 bridgehead atoms. The predicted molar refractivity (Wildman–Crippen MR) is 134 cm³/mol. The highest BCUT2D eigenvalue weighted by Crippen LogP contribution is 2.55. The molecule has 5 rings (SSSR count). The maximum atomic E-state index is 13.4. The second-order valence-electron chi connectivity index (χ2n) is 10.1. The van der Waals surface area contributed by atoms with Crippen LogP contribution in [0.15, 0.2) is 78.5 Å². The maximum Gasteiger partial charge on any atom is 0.335 e. The molecule has 1 N–H and O–H groups in total. The largest absolute Gasteiger partial charge is 0.478 e. The summed E-state index contributed by atoms with van der Waals surface area (Å²) in [4.78, 5) is 31.0. The molecule has 0 radical (unpaired) electrons. The van der Waals surface area contributed by atoms with Crippen LogP contribution in [-0.2, 0) is 0 Å². The van der Waals surface area contributed by atoms with Crippen LogP contribution in [0.2, 0.25) is 0 Å². The van der Waals surface area contributed by atoms with Gasteiger partial charge in [-0.1, -0.05) is 68.8 Å². The molecule has 5 nitrogen and oxygen atoms in total. The molecule has 3 aromatic rings. The lowest BCUT2D eigenvalue weighted by atomic mass is 9.58. The number of benzene rings is 2. The standard InChI is InChI=1S/C29H28N2O3/c1-28(2)23(19-8-10-20(11-9-19)27(33)34)12-14-29(3)18-31(15-13-25(28)29)26(32)22-16-21-6-4-5-7-24(21)30-17-22/h4-13,16-17H,14-15,18H2,1-3H3,(H,33,34)/t29-/m1/s1. The molecule has 1 aliphatic heterocycles. The monoisotopic (exact) mass is 452 g/mol. The summed E-state index contributed by atoms with van der Waals surface area (Å²) >= 11 is 0. The van der Waals surface area contributed by atoms with E-state index in [-0.39, 0.29) is 22.3 Å². The minimum Gasteiger partial charge on any atom is -0.478 e. The van der Waals surface area contributed by atoms with Crippen molar-refractivity contribution in [3.63, 3.8) is 0 Å². The van der Waals surface area contributed by atoms with Crippen LogP contribution in [0, 0.1) is 10.8 Å². The molecule has 0 unspecified atom stereocenters. The number of aromatic nitrogens is 1. The van der Waals surface area contributed by atoms with Crippen molar-refractivity contribution in [3.8, 4) is 0 Å². The molecular weight excluding hydrogens is 424 g/mol. The number of aromatic carboxylic acids is 1. The summed E-state index contributed by atoms with van der Waals surface area (Å²) in [5.74, 6) is -0.913. The van der Waals surface area contributed by atoms with Crippen molar-refractivity contribution in [2.45, 2.75) is 27.2 Å². The molecule has 172 valence electrons. The number of carboxylic acids is 1. The minimum atomic E-state index is -0.919. The van der Waals surface area contributed by atoms with Gasteiger partial charge in [-0.05, 0) is 41.8 Å². The fourth-order valence-corrected chi connectivity index (χ4v) is 5.73. The zero-order valence-corrected chi connectivity index (χ0v) is 19.7. The molecule has 34 heavy (non-hydrogen) atoms. The Morgan fingerprint density at radius 3 is 2.44 bits per heavy atom. The third-order valence-electron chi connectivity index (χ3n) is 7.38. The fraction of sp³-hybridized carbons (Fsp3) is 0.276. The summed E-state index contributed by atoms with van der Waals surface area (Å²) < 4.78 is 0. The Labute approximate surface area is 199 Å². The normalized spacial score (nSPS) is 21.4.